The van der Waals surface area contributed by atoms with E-state index in [-0.39, 0.29) is 5.91 Å². The number of anilines is 2. The lowest BCUT2D eigenvalue weighted by Crippen LogP contribution is -2.21. The topological polar surface area (TPSA) is 58.1 Å². The number of aryl methyl sites for hydroxylation is 1. The number of aromatic nitrogens is 2. The van der Waals surface area contributed by atoms with Crippen molar-refractivity contribution in [2.75, 3.05) is 23.8 Å². The fourth-order valence-corrected chi connectivity index (χ4v) is 2.74. The Bertz CT molecular complexity index is 861. The molecule has 0 atom stereocenters. The van der Waals surface area contributed by atoms with Gasteiger partial charge in [0.05, 0.1) is 18.3 Å². The summed E-state index contributed by atoms with van der Waals surface area (Å²) in [5.41, 5.74) is 4.14. The molecular weight excluding hydrogens is 336 g/mol. The average Bonchev–Trinajstić information content (AvgIpc) is 2.69. The Labute approximate surface area is 160 Å². The van der Waals surface area contributed by atoms with Crippen molar-refractivity contribution >= 4 is 17.4 Å². The molecule has 0 unspecified atom stereocenters. The Morgan fingerprint density at radius 1 is 1.00 bits per heavy atom. The molecule has 138 valence electrons. The predicted molar refractivity (Wildman–Crippen MR) is 109 cm³/mol. The van der Waals surface area contributed by atoms with Crippen LogP contribution >= 0.6 is 0 Å². The summed E-state index contributed by atoms with van der Waals surface area (Å²) in [5.74, 6) is 0.833. The maximum absolute atomic E-state index is 12.2. The number of amides is 1. The standard InChI is InChI=1S/C22H24N4O/c1-17-3-5-19(6-4-17)15-22(27)25-20-7-8-21(24-16-20)26(2)14-11-18-9-12-23-13-10-18/h3-10,12-13,16H,11,14-15H2,1-2H3,(H,25,27). The Hall–Kier alpha value is -3.21. The van der Waals surface area contributed by atoms with Gasteiger partial charge in [-0.05, 0) is 48.7 Å². The molecule has 0 spiro atoms. The van der Waals surface area contributed by atoms with Gasteiger partial charge < -0.3 is 10.2 Å². The smallest absolute Gasteiger partial charge is 0.228 e. The molecule has 0 aliphatic rings. The van der Waals surface area contributed by atoms with Crippen molar-refractivity contribution in [3.8, 4) is 0 Å². The number of nitrogens with one attached hydrogen (secondary N) is 1. The van der Waals surface area contributed by atoms with Crippen LogP contribution < -0.4 is 10.2 Å². The molecule has 0 saturated carbocycles. The minimum atomic E-state index is -0.0422. The highest BCUT2D eigenvalue weighted by atomic mass is 16.1. The lowest BCUT2D eigenvalue weighted by Gasteiger charge is -2.18. The number of likely N-dealkylation sites (N-methyl/N-ethyl adjacent to an activating group) is 1. The number of nitrogens with zero attached hydrogens (tertiary/aromatic N) is 3. The van der Waals surface area contributed by atoms with Gasteiger partial charge in [0.15, 0.2) is 0 Å². The normalized spacial score (nSPS) is 10.4. The third-order valence-corrected chi connectivity index (χ3v) is 4.39. The van der Waals surface area contributed by atoms with Crippen LogP contribution in [0.2, 0.25) is 0 Å². The quantitative estimate of drug-likeness (QED) is 0.699. The first-order valence-electron chi connectivity index (χ1n) is 9.01. The molecule has 3 rings (SSSR count). The fraction of sp³-hybridized carbons (Fsp3) is 0.227. The molecule has 27 heavy (non-hydrogen) atoms. The van der Waals surface area contributed by atoms with E-state index in [1.807, 2.05) is 74.9 Å². The van der Waals surface area contributed by atoms with Gasteiger partial charge in [-0.15, -0.1) is 0 Å². The summed E-state index contributed by atoms with van der Waals surface area (Å²) < 4.78 is 0. The van der Waals surface area contributed by atoms with E-state index in [1.165, 1.54) is 11.1 Å². The monoisotopic (exact) mass is 360 g/mol. The van der Waals surface area contributed by atoms with Gasteiger partial charge >= 0.3 is 0 Å². The Balaban J connectivity index is 1.51. The third kappa shape index (κ3) is 5.64. The highest BCUT2D eigenvalue weighted by Crippen LogP contribution is 2.14. The first-order chi connectivity index (χ1) is 13.1. The van der Waals surface area contributed by atoms with Crippen LogP contribution in [0.3, 0.4) is 0 Å². The number of hydrogen-bond acceptors (Lipinski definition) is 4. The second-order valence-corrected chi connectivity index (χ2v) is 6.64. The second-order valence-electron chi connectivity index (χ2n) is 6.64. The Morgan fingerprint density at radius 2 is 1.74 bits per heavy atom. The lowest BCUT2D eigenvalue weighted by atomic mass is 10.1. The second kappa shape index (κ2) is 8.94. The summed E-state index contributed by atoms with van der Waals surface area (Å²) in [4.78, 5) is 22.8. The van der Waals surface area contributed by atoms with Gasteiger partial charge in [-0.25, -0.2) is 4.98 Å². The molecule has 0 aliphatic carbocycles. The summed E-state index contributed by atoms with van der Waals surface area (Å²) in [6, 6.07) is 15.8. The van der Waals surface area contributed by atoms with E-state index in [1.54, 1.807) is 6.20 Å². The summed E-state index contributed by atoms with van der Waals surface area (Å²) >= 11 is 0. The minimum Gasteiger partial charge on any atom is -0.359 e. The SMILES string of the molecule is Cc1ccc(CC(=O)Nc2ccc(N(C)CCc3ccncc3)nc2)cc1. The summed E-state index contributed by atoms with van der Waals surface area (Å²) in [6.45, 7) is 2.89. The van der Waals surface area contributed by atoms with Crippen molar-refractivity contribution in [1.82, 2.24) is 9.97 Å². The van der Waals surface area contributed by atoms with Gasteiger partial charge in [-0.3, -0.25) is 9.78 Å². The maximum Gasteiger partial charge on any atom is 0.228 e. The molecule has 5 nitrogen and oxygen atoms in total. The van der Waals surface area contributed by atoms with E-state index in [9.17, 15) is 4.79 Å². The van der Waals surface area contributed by atoms with Crippen LogP contribution in [-0.4, -0.2) is 29.5 Å². The van der Waals surface area contributed by atoms with Crippen molar-refractivity contribution in [1.29, 1.82) is 0 Å². The number of pyridine rings is 2. The molecule has 0 fully saturated rings. The minimum absolute atomic E-state index is 0.0422. The maximum atomic E-state index is 12.2. The van der Waals surface area contributed by atoms with Crippen LogP contribution in [0.25, 0.3) is 0 Å². The van der Waals surface area contributed by atoms with Gasteiger partial charge in [0, 0.05) is 26.0 Å². The zero-order chi connectivity index (χ0) is 19.1. The summed E-state index contributed by atoms with van der Waals surface area (Å²) in [7, 11) is 2.01. The van der Waals surface area contributed by atoms with Crippen LogP contribution in [0.5, 0.6) is 0 Å². The molecule has 2 heterocycles. The fourth-order valence-electron chi connectivity index (χ4n) is 2.74. The first kappa shape index (κ1) is 18.6. The molecule has 1 amide bonds. The van der Waals surface area contributed by atoms with Crippen LogP contribution in [0, 0.1) is 6.92 Å². The largest absolute Gasteiger partial charge is 0.359 e. The van der Waals surface area contributed by atoms with E-state index in [0.717, 1.165) is 24.3 Å². The molecular formula is C22H24N4O. The molecule has 0 bridgehead atoms. The van der Waals surface area contributed by atoms with Gasteiger partial charge in [-0.1, -0.05) is 29.8 Å². The third-order valence-electron chi connectivity index (χ3n) is 4.39. The predicted octanol–water partition coefficient (Wildman–Crippen LogP) is 3.65. The summed E-state index contributed by atoms with van der Waals surface area (Å²) in [5, 5.41) is 2.90. The van der Waals surface area contributed by atoms with E-state index >= 15 is 0 Å². The zero-order valence-electron chi connectivity index (χ0n) is 15.7. The van der Waals surface area contributed by atoms with E-state index in [4.69, 9.17) is 0 Å². The van der Waals surface area contributed by atoms with Crippen molar-refractivity contribution in [2.24, 2.45) is 0 Å². The van der Waals surface area contributed by atoms with Crippen LogP contribution in [-0.2, 0) is 17.6 Å². The van der Waals surface area contributed by atoms with Gasteiger partial charge in [0.1, 0.15) is 5.82 Å². The molecule has 5 heteroatoms. The highest BCUT2D eigenvalue weighted by molar-refractivity contribution is 5.92. The van der Waals surface area contributed by atoms with Crippen molar-refractivity contribution in [3.63, 3.8) is 0 Å². The van der Waals surface area contributed by atoms with Crippen molar-refractivity contribution in [2.45, 2.75) is 19.8 Å². The number of carbonyl (C=O) groups is 1. The number of carbonyl (C=O) groups excluding carboxylic acids is 1. The number of rotatable bonds is 7. The Kier molecular flexibility index (Phi) is 6.15. The lowest BCUT2D eigenvalue weighted by molar-refractivity contribution is -0.115. The molecule has 0 aliphatic heterocycles. The van der Waals surface area contributed by atoms with Crippen LogP contribution in [0.4, 0.5) is 11.5 Å². The first-order valence-corrected chi connectivity index (χ1v) is 9.01. The summed E-state index contributed by atoms with van der Waals surface area (Å²) in [6.07, 6.45) is 6.60. The van der Waals surface area contributed by atoms with Crippen molar-refractivity contribution < 1.29 is 4.79 Å². The average molecular weight is 360 g/mol. The molecule has 3 aromatic rings. The number of hydrogen-bond donors (Lipinski definition) is 1. The van der Waals surface area contributed by atoms with Crippen molar-refractivity contribution in [3.05, 3.63) is 83.8 Å². The molecule has 1 aromatic carbocycles. The van der Waals surface area contributed by atoms with Gasteiger partial charge in [-0.2, -0.15) is 0 Å². The van der Waals surface area contributed by atoms with E-state index in [0.29, 0.717) is 12.1 Å². The molecule has 0 saturated heterocycles. The van der Waals surface area contributed by atoms with Gasteiger partial charge in [0.25, 0.3) is 0 Å². The van der Waals surface area contributed by atoms with E-state index < -0.39 is 0 Å². The molecule has 0 radical (unpaired) electrons. The molecule has 2 aromatic heterocycles. The Morgan fingerprint density at radius 3 is 2.41 bits per heavy atom. The van der Waals surface area contributed by atoms with E-state index in [2.05, 4.69) is 20.2 Å². The van der Waals surface area contributed by atoms with Crippen LogP contribution in [0.1, 0.15) is 16.7 Å². The molecule has 1 N–H and O–H groups in total. The zero-order valence-corrected chi connectivity index (χ0v) is 15.7. The van der Waals surface area contributed by atoms with Crippen LogP contribution in [0.15, 0.2) is 67.1 Å². The van der Waals surface area contributed by atoms with Gasteiger partial charge in [0.2, 0.25) is 5.91 Å². The number of benzene rings is 1. The highest BCUT2D eigenvalue weighted by Gasteiger charge is 2.07.